The molecule has 7 heteroatoms. The third-order valence-electron chi connectivity index (χ3n) is 2.31. The van der Waals surface area contributed by atoms with Gasteiger partial charge in [0.25, 0.3) is 0 Å². The molecule has 1 aromatic heterocycles. The Morgan fingerprint density at radius 1 is 1.56 bits per heavy atom. The highest BCUT2D eigenvalue weighted by Crippen LogP contribution is 1.99. The zero-order valence-electron chi connectivity index (χ0n) is 10.1. The van der Waals surface area contributed by atoms with Gasteiger partial charge in [0.2, 0.25) is 5.91 Å². The average Bonchev–Trinajstić information content (AvgIpc) is 2.68. The third-order valence-corrected chi connectivity index (χ3v) is 2.31. The van der Waals surface area contributed by atoms with Gasteiger partial charge in [-0.25, -0.2) is 4.79 Å². The quantitative estimate of drug-likeness (QED) is 0.607. The smallest absolute Gasteiger partial charge is 0.328 e. The number of carboxylic acids is 1. The molecule has 98 valence electrons. The molecule has 0 saturated carbocycles. The summed E-state index contributed by atoms with van der Waals surface area (Å²) in [6.45, 7) is 1.30. The number of aliphatic hydroxyl groups is 1. The van der Waals surface area contributed by atoms with Crippen LogP contribution in [-0.2, 0) is 16.6 Å². The molecule has 0 aliphatic rings. The lowest BCUT2D eigenvalue weighted by Gasteiger charge is -2.15. The summed E-state index contributed by atoms with van der Waals surface area (Å²) in [5.74, 6) is -1.88. The lowest BCUT2D eigenvalue weighted by atomic mass is 10.2. The Labute approximate surface area is 104 Å². The summed E-state index contributed by atoms with van der Waals surface area (Å²) in [5, 5.41) is 24.1. The van der Waals surface area contributed by atoms with Gasteiger partial charge in [0, 0.05) is 19.3 Å². The van der Waals surface area contributed by atoms with Crippen molar-refractivity contribution in [3.8, 4) is 0 Å². The zero-order chi connectivity index (χ0) is 13.7. The van der Waals surface area contributed by atoms with E-state index in [9.17, 15) is 14.7 Å². The topological polar surface area (TPSA) is 104 Å². The number of carbonyl (C=O) groups is 2. The predicted octanol–water partition coefficient (Wildman–Crippen LogP) is -0.617. The van der Waals surface area contributed by atoms with E-state index < -0.39 is 24.0 Å². The standard InChI is InChI=1S/C11H15N3O4/c1-7(15)10(11(17)18)13-9(16)4-3-8-5-6-12-14(8)2/h3-7,10,15H,1-2H3,(H,13,16)(H,17,18)/b4-3+. The molecule has 2 unspecified atom stereocenters. The van der Waals surface area contributed by atoms with Gasteiger partial charge >= 0.3 is 5.97 Å². The molecule has 0 spiro atoms. The molecular weight excluding hydrogens is 238 g/mol. The number of carboxylic acid groups (broad SMARTS) is 1. The number of aromatic nitrogens is 2. The molecule has 0 aliphatic heterocycles. The van der Waals surface area contributed by atoms with E-state index in [4.69, 9.17) is 5.11 Å². The summed E-state index contributed by atoms with van der Waals surface area (Å²) >= 11 is 0. The van der Waals surface area contributed by atoms with E-state index in [0.717, 1.165) is 0 Å². The Morgan fingerprint density at radius 2 is 2.22 bits per heavy atom. The van der Waals surface area contributed by atoms with Crippen LogP contribution in [0.5, 0.6) is 0 Å². The second kappa shape index (κ2) is 5.97. The van der Waals surface area contributed by atoms with Crippen molar-refractivity contribution in [1.29, 1.82) is 0 Å². The van der Waals surface area contributed by atoms with Gasteiger partial charge in [-0.1, -0.05) is 0 Å². The average molecular weight is 253 g/mol. The summed E-state index contributed by atoms with van der Waals surface area (Å²) in [6.07, 6.45) is 3.10. The predicted molar refractivity (Wildman–Crippen MR) is 63.5 cm³/mol. The molecule has 0 radical (unpaired) electrons. The zero-order valence-corrected chi connectivity index (χ0v) is 10.1. The molecule has 3 N–H and O–H groups in total. The molecule has 1 heterocycles. The maximum Gasteiger partial charge on any atom is 0.328 e. The van der Waals surface area contributed by atoms with Crippen LogP contribution in [0.25, 0.3) is 6.08 Å². The summed E-state index contributed by atoms with van der Waals surface area (Å²) in [4.78, 5) is 22.2. The summed E-state index contributed by atoms with van der Waals surface area (Å²) in [6, 6.07) is 0.376. The fourth-order valence-electron chi connectivity index (χ4n) is 1.30. The number of hydrogen-bond acceptors (Lipinski definition) is 4. The van der Waals surface area contributed by atoms with Crippen molar-refractivity contribution >= 4 is 18.0 Å². The highest BCUT2D eigenvalue weighted by molar-refractivity contribution is 5.94. The largest absolute Gasteiger partial charge is 0.480 e. The minimum atomic E-state index is -1.33. The molecular formula is C11H15N3O4. The second-order valence-corrected chi connectivity index (χ2v) is 3.78. The summed E-state index contributed by atoms with van der Waals surface area (Å²) in [5.41, 5.74) is 0.703. The molecule has 0 saturated heterocycles. The Bertz CT molecular complexity index is 465. The van der Waals surface area contributed by atoms with E-state index in [0.29, 0.717) is 5.69 Å². The van der Waals surface area contributed by atoms with Crippen molar-refractivity contribution in [1.82, 2.24) is 15.1 Å². The summed E-state index contributed by atoms with van der Waals surface area (Å²) < 4.78 is 1.56. The lowest BCUT2D eigenvalue weighted by molar-refractivity contribution is -0.144. The fourth-order valence-corrected chi connectivity index (χ4v) is 1.30. The van der Waals surface area contributed by atoms with Crippen LogP contribution in [0.15, 0.2) is 18.3 Å². The molecule has 18 heavy (non-hydrogen) atoms. The number of aliphatic carboxylic acids is 1. The number of carbonyl (C=O) groups excluding carboxylic acids is 1. The monoisotopic (exact) mass is 253 g/mol. The van der Waals surface area contributed by atoms with Crippen LogP contribution >= 0.6 is 0 Å². The number of rotatable bonds is 5. The van der Waals surface area contributed by atoms with Gasteiger partial charge in [-0.2, -0.15) is 5.10 Å². The first kappa shape index (κ1) is 13.9. The van der Waals surface area contributed by atoms with Gasteiger partial charge in [-0.15, -0.1) is 0 Å². The summed E-state index contributed by atoms with van der Waals surface area (Å²) in [7, 11) is 1.72. The number of nitrogens with one attached hydrogen (secondary N) is 1. The van der Waals surface area contributed by atoms with Gasteiger partial charge in [-0.3, -0.25) is 9.48 Å². The molecule has 1 amide bonds. The normalized spacial score (nSPS) is 14.4. The van der Waals surface area contributed by atoms with Crippen molar-refractivity contribution in [3.05, 3.63) is 24.0 Å². The third kappa shape index (κ3) is 3.70. The van der Waals surface area contributed by atoms with E-state index >= 15 is 0 Å². The van der Waals surface area contributed by atoms with E-state index in [1.165, 1.54) is 19.1 Å². The fraction of sp³-hybridized carbons (Fsp3) is 0.364. The first-order valence-corrected chi connectivity index (χ1v) is 5.29. The molecule has 2 atom stereocenters. The van der Waals surface area contributed by atoms with Gasteiger partial charge in [0.15, 0.2) is 6.04 Å². The van der Waals surface area contributed by atoms with Crippen LogP contribution in [0.4, 0.5) is 0 Å². The van der Waals surface area contributed by atoms with Crippen LogP contribution < -0.4 is 5.32 Å². The van der Waals surface area contributed by atoms with Crippen molar-refractivity contribution in [2.45, 2.75) is 19.1 Å². The van der Waals surface area contributed by atoms with Crippen molar-refractivity contribution in [2.24, 2.45) is 7.05 Å². The van der Waals surface area contributed by atoms with Crippen molar-refractivity contribution in [2.75, 3.05) is 0 Å². The number of aryl methyl sites for hydroxylation is 1. The van der Waals surface area contributed by atoms with Crippen molar-refractivity contribution < 1.29 is 19.8 Å². The minimum absolute atomic E-state index is 0.593. The van der Waals surface area contributed by atoms with Gasteiger partial charge in [0.1, 0.15) is 0 Å². The second-order valence-electron chi connectivity index (χ2n) is 3.78. The number of hydrogen-bond donors (Lipinski definition) is 3. The maximum absolute atomic E-state index is 11.5. The first-order valence-electron chi connectivity index (χ1n) is 5.29. The van der Waals surface area contributed by atoms with E-state index in [1.807, 2.05) is 0 Å². The Balaban J connectivity index is 2.64. The molecule has 7 nitrogen and oxygen atoms in total. The van der Waals surface area contributed by atoms with Gasteiger partial charge < -0.3 is 15.5 Å². The lowest BCUT2D eigenvalue weighted by Crippen LogP contribution is -2.47. The maximum atomic E-state index is 11.5. The van der Waals surface area contributed by atoms with E-state index in [1.54, 1.807) is 24.0 Å². The number of nitrogens with zero attached hydrogens (tertiary/aromatic N) is 2. The minimum Gasteiger partial charge on any atom is -0.480 e. The Morgan fingerprint density at radius 3 is 2.67 bits per heavy atom. The SMILES string of the molecule is CC(O)C(NC(=O)/C=C/c1ccnn1C)C(=O)O. The van der Waals surface area contributed by atoms with Crippen LogP contribution in [-0.4, -0.2) is 44.0 Å². The number of amides is 1. The van der Waals surface area contributed by atoms with Crippen LogP contribution in [0.1, 0.15) is 12.6 Å². The molecule has 1 aromatic rings. The Kier molecular flexibility index (Phi) is 4.61. The molecule has 0 aromatic carbocycles. The van der Waals surface area contributed by atoms with Crippen molar-refractivity contribution in [3.63, 3.8) is 0 Å². The van der Waals surface area contributed by atoms with E-state index in [-0.39, 0.29) is 0 Å². The molecule has 0 fully saturated rings. The Hall–Kier alpha value is -2.15. The number of aliphatic hydroxyl groups excluding tert-OH is 1. The van der Waals surface area contributed by atoms with Crippen LogP contribution in [0, 0.1) is 0 Å². The van der Waals surface area contributed by atoms with Crippen LogP contribution in [0.3, 0.4) is 0 Å². The van der Waals surface area contributed by atoms with E-state index in [2.05, 4.69) is 10.4 Å². The van der Waals surface area contributed by atoms with Gasteiger partial charge in [0.05, 0.1) is 11.8 Å². The van der Waals surface area contributed by atoms with Gasteiger partial charge in [-0.05, 0) is 19.1 Å². The molecule has 1 rings (SSSR count). The highest BCUT2D eigenvalue weighted by Gasteiger charge is 2.23. The highest BCUT2D eigenvalue weighted by atomic mass is 16.4. The van der Waals surface area contributed by atoms with Crippen LogP contribution in [0.2, 0.25) is 0 Å². The molecule has 0 bridgehead atoms. The molecule has 0 aliphatic carbocycles. The first-order chi connectivity index (χ1) is 8.41.